The van der Waals surface area contributed by atoms with Crippen LogP contribution < -0.4 is 19.5 Å². The molecule has 8 heterocycles. The summed E-state index contributed by atoms with van der Waals surface area (Å²) in [7, 11) is 3.59. The first-order chi connectivity index (χ1) is 26.5. The summed E-state index contributed by atoms with van der Waals surface area (Å²) in [5.74, 6) is 0.206. The number of carboxylic acid groups (broad SMARTS) is 1. The van der Waals surface area contributed by atoms with Crippen molar-refractivity contribution in [1.82, 2.24) is 20.1 Å². The highest BCUT2D eigenvalue weighted by molar-refractivity contribution is 7.99. The molecule has 3 aromatic carbocycles. The number of hydrogen-bond acceptors (Lipinski definition) is 12. The number of fused-ring (bicyclic) bond motifs is 11. The fraction of sp³-hybridized carbons (Fsp3) is 0.439. The number of piperazine rings is 1. The zero-order valence-corrected chi connectivity index (χ0v) is 31.9. The van der Waals surface area contributed by atoms with Gasteiger partial charge in [0.05, 0.1) is 31.0 Å². The van der Waals surface area contributed by atoms with E-state index in [1.54, 1.807) is 18.9 Å². The minimum Gasteiger partial charge on any atom is -0.504 e. The van der Waals surface area contributed by atoms with E-state index in [0.717, 1.165) is 55.4 Å². The predicted molar refractivity (Wildman–Crippen MR) is 202 cm³/mol. The second kappa shape index (κ2) is 12.0. The Labute approximate surface area is 321 Å². The number of carbonyl (C=O) groups excluding carboxylic acids is 1. The molecule has 4 bridgehead atoms. The molecule has 0 amide bonds. The Kier molecular flexibility index (Phi) is 7.55. The van der Waals surface area contributed by atoms with Gasteiger partial charge in [0, 0.05) is 51.5 Å². The van der Waals surface area contributed by atoms with Gasteiger partial charge in [-0.15, -0.1) is 11.8 Å². The molecule has 1 aromatic heterocycles. The van der Waals surface area contributed by atoms with Crippen LogP contribution in [0.2, 0.25) is 0 Å². The molecule has 0 unspecified atom stereocenters. The number of H-pyrrole nitrogens is 1. The number of nitrogens with one attached hydrogen (secondary N) is 2. The number of hydrogen-bond donors (Lipinski definition) is 4. The van der Waals surface area contributed by atoms with E-state index >= 15 is 0 Å². The van der Waals surface area contributed by atoms with Gasteiger partial charge in [0.2, 0.25) is 6.79 Å². The number of aromatic hydroxyl groups is 1. The molecule has 2 saturated heterocycles. The molecule has 55 heavy (non-hydrogen) atoms. The molecular formula is C41H41N5O8S. The molecule has 13 nitrogen and oxygen atoms in total. The maximum atomic E-state index is 14.9. The average molecular weight is 764 g/mol. The van der Waals surface area contributed by atoms with E-state index in [1.165, 1.54) is 0 Å². The van der Waals surface area contributed by atoms with E-state index in [0.29, 0.717) is 29.4 Å². The third-order valence-corrected chi connectivity index (χ3v) is 14.7. The summed E-state index contributed by atoms with van der Waals surface area (Å²) >= 11 is 1.54. The number of benzene rings is 3. The molecule has 7 aliphatic heterocycles. The highest BCUT2D eigenvalue weighted by Crippen LogP contribution is 2.63. The van der Waals surface area contributed by atoms with Crippen molar-refractivity contribution in [3.63, 3.8) is 0 Å². The summed E-state index contributed by atoms with van der Waals surface area (Å²) in [5, 5.41) is 37.4. The second-order valence-corrected chi connectivity index (χ2v) is 16.8. The number of aryl methyl sites for hydroxylation is 1. The molecular weight excluding hydrogens is 723 g/mol. The Morgan fingerprint density at radius 1 is 1.09 bits per heavy atom. The number of aromatic nitrogens is 1. The number of thioether (sulfide) groups is 1. The van der Waals surface area contributed by atoms with Gasteiger partial charge in [-0.05, 0) is 73.7 Å². The highest BCUT2D eigenvalue weighted by Gasteiger charge is 2.62. The summed E-state index contributed by atoms with van der Waals surface area (Å²) in [6, 6.07) is 9.08. The molecule has 0 saturated carbocycles. The van der Waals surface area contributed by atoms with Crippen molar-refractivity contribution in [1.29, 1.82) is 5.26 Å². The number of phenolic OH excluding ortho intramolecular Hbond substituents is 1. The Morgan fingerprint density at radius 3 is 2.64 bits per heavy atom. The molecule has 2 fully saturated rings. The van der Waals surface area contributed by atoms with Gasteiger partial charge in [0.25, 0.3) is 0 Å². The van der Waals surface area contributed by atoms with E-state index in [9.17, 15) is 25.1 Å². The van der Waals surface area contributed by atoms with Crippen LogP contribution in [0.1, 0.15) is 67.5 Å². The Morgan fingerprint density at radius 2 is 1.87 bits per heavy atom. The normalized spacial score (nSPS) is 30.5. The fourth-order valence-electron chi connectivity index (χ4n) is 10.8. The highest BCUT2D eigenvalue weighted by atomic mass is 32.2. The Hall–Kier alpha value is -4.94. The van der Waals surface area contributed by atoms with Crippen molar-refractivity contribution in [3.05, 3.63) is 80.5 Å². The molecule has 4 aromatic rings. The van der Waals surface area contributed by atoms with Gasteiger partial charge in [-0.3, -0.25) is 19.9 Å². The van der Waals surface area contributed by atoms with Crippen LogP contribution in [0.4, 0.5) is 0 Å². The lowest BCUT2D eigenvalue weighted by atomic mass is 9.71. The monoisotopic (exact) mass is 763 g/mol. The molecule has 4 N–H and O–H groups in total. The van der Waals surface area contributed by atoms with Gasteiger partial charge in [-0.2, -0.15) is 5.26 Å². The molecule has 7 aliphatic rings. The van der Waals surface area contributed by atoms with Crippen molar-refractivity contribution in [3.8, 4) is 29.1 Å². The standard InChI is InChI=1S/C41H41N5O8S/c1-17-10-20-11-25-26(13-42)46-27-14-52-40(50)41(38-22(12-24(44-41)39(48)49)21-8-6-7-9-23(21)43-38)15-55-37(28-18(2)19(3)35-36(30(27)28)54-16-53-35)32(46)31(45(25)4)29(20)33(47)34(17)51-5/h6-10,24-27,31-32,37,43-44,47H,11-12,14-16H2,1-5H3,(H,48,49)/t24-,25-,26-,27-,31+,32+,37+,41+/m0/s1. The zero-order chi connectivity index (χ0) is 38.2. The lowest BCUT2D eigenvalue weighted by Crippen LogP contribution is -2.70. The van der Waals surface area contributed by atoms with Gasteiger partial charge in [0.15, 0.2) is 28.5 Å². The van der Waals surface area contributed by atoms with Gasteiger partial charge in [-0.25, -0.2) is 4.79 Å². The van der Waals surface area contributed by atoms with Gasteiger partial charge in [0.1, 0.15) is 18.7 Å². The molecule has 1 spiro atoms. The number of nitrogens with zero attached hydrogens (tertiary/aromatic N) is 3. The van der Waals surface area contributed by atoms with Crippen LogP contribution in [0, 0.1) is 32.1 Å². The number of aliphatic carboxylic acids is 1. The smallest absolute Gasteiger partial charge is 0.333 e. The first kappa shape index (κ1) is 34.5. The van der Waals surface area contributed by atoms with Crippen molar-refractivity contribution in [2.45, 2.75) is 80.7 Å². The van der Waals surface area contributed by atoms with Crippen LogP contribution in [-0.4, -0.2) is 94.4 Å². The summed E-state index contributed by atoms with van der Waals surface area (Å²) in [5.41, 5.74) is 7.00. The maximum absolute atomic E-state index is 14.9. The number of carboxylic acids is 1. The average Bonchev–Trinajstić information content (AvgIpc) is 3.81. The molecule has 8 atom stereocenters. The molecule has 284 valence electrons. The van der Waals surface area contributed by atoms with Gasteiger partial charge < -0.3 is 34.1 Å². The van der Waals surface area contributed by atoms with Crippen molar-refractivity contribution < 1.29 is 38.7 Å². The number of para-hydroxylation sites is 1. The second-order valence-electron chi connectivity index (χ2n) is 15.7. The summed E-state index contributed by atoms with van der Waals surface area (Å²) < 4.78 is 24.6. The lowest BCUT2D eigenvalue weighted by molar-refractivity contribution is -0.158. The maximum Gasteiger partial charge on any atom is 0.333 e. The minimum atomic E-state index is -1.55. The zero-order valence-electron chi connectivity index (χ0n) is 31.1. The number of likely N-dealkylation sites (N-methyl/N-ethyl adjacent to an activating group) is 1. The van der Waals surface area contributed by atoms with E-state index in [4.69, 9.17) is 18.9 Å². The van der Waals surface area contributed by atoms with Crippen molar-refractivity contribution in [2.75, 3.05) is 33.3 Å². The summed E-state index contributed by atoms with van der Waals surface area (Å²) in [6.07, 6.45) is 0.716. The summed E-state index contributed by atoms with van der Waals surface area (Å²) in [6.45, 7) is 5.93. The number of rotatable bonds is 2. The van der Waals surface area contributed by atoms with E-state index in [-0.39, 0.29) is 37.4 Å². The summed E-state index contributed by atoms with van der Waals surface area (Å²) in [4.78, 5) is 35.7. The topological polar surface area (TPSA) is 170 Å². The molecule has 0 aliphatic carbocycles. The predicted octanol–water partition coefficient (Wildman–Crippen LogP) is 4.59. The van der Waals surface area contributed by atoms with Crippen LogP contribution in [-0.2, 0) is 32.7 Å². The Balaban J connectivity index is 1.24. The number of nitriles is 1. The largest absolute Gasteiger partial charge is 0.504 e. The van der Waals surface area contributed by atoms with Crippen LogP contribution >= 0.6 is 11.8 Å². The number of carbonyl (C=O) groups is 2. The molecule has 11 rings (SSSR count). The Bertz CT molecular complexity index is 2410. The first-order valence-electron chi connectivity index (χ1n) is 18.6. The van der Waals surface area contributed by atoms with Crippen LogP contribution in [0.5, 0.6) is 23.0 Å². The third-order valence-electron chi connectivity index (χ3n) is 13.3. The minimum absolute atomic E-state index is 0.0443. The molecule has 0 radical (unpaired) electrons. The fourth-order valence-corrected chi connectivity index (χ4v) is 12.5. The van der Waals surface area contributed by atoms with Gasteiger partial charge in [-0.1, -0.05) is 24.3 Å². The number of esters is 1. The quantitative estimate of drug-likeness (QED) is 0.210. The van der Waals surface area contributed by atoms with Crippen LogP contribution in [0.15, 0.2) is 30.3 Å². The van der Waals surface area contributed by atoms with E-state index in [2.05, 4.69) is 39.2 Å². The third kappa shape index (κ3) is 4.46. The van der Waals surface area contributed by atoms with Crippen molar-refractivity contribution >= 4 is 34.6 Å². The number of methoxy groups -OCH3 is 1. The van der Waals surface area contributed by atoms with E-state index in [1.807, 2.05) is 45.2 Å². The number of ether oxygens (including phenoxy) is 4. The SMILES string of the molecule is COc1c(C)cc2c(c1O)[C@@H]1[C@@H]3[C@@H]4SC[C@]5(N[C@H](C(=O)O)Cc6c5[nH]c5ccccc65)C(=O)OC[C@@H](c5c6c(c(C)c(C)c54)OCO6)N3[C@@H](C#N)[C@H](C2)N1C. The van der Waals surface area contributed by atoms with Gasteiger partial charge >= 0.3 is 11.9 Å². The van der Waals surface area contributed by atoms with E-state index < -0.39 is 52.9 Å². The van der Waals surface area contributed by atoms with Crippen LogP contribution in [0.3, 0.4) is 0 Å². The van der Waals surface area contributed by atoms with Crippen molar-refractivity contribution in [2.24, 2.45) is 0 Å². The van der Waals surface area contributed by atoms with Crippen LogP contribution in [0.25, 0.3) is 10.9 Å². The number of phenols is 1. The first-order valence-corrected chi connectivity index (χ1v) is 19.7. The lowest BCUT2D eigenvalue weighted by Gasteiger charge is -2.62. The molecule has 14 heteroatoms. The number of aromatic amines is 1.